The molecule has 0 aliphatic carbocycles. The highest BCUT2D eigenvalue weighted by Crippen LogP contribution is 2.32. The molecule has 0 amide bonds. The van der Waals surface area contributed by atoms with Gasteiger partial charge in [0.25, 0.3) is 0 Å². The Kier molecular flexibility index (Phi) is 5.12. The van der Waals surface area contributed by atoms with Crippen LogP contribution in [-0.2, 0) is 9.53 Å². The summed E-state index contributed by atoms with van der Waals surface area (Å²) in [5, 5.41) is 11.0. The summed E-state index contributed by atoms with van der Waals surface area (Å²) in [5.41, 5.74) is -0.902. The number of carbonyl (C=O) groups excluding carboxylic acids is 1. The molecule has 1 unspecified atom stereocenters. The molecule has 0 fully saturated rings. The van der Waals surface area contributed by atoms with Gasteiger partial charge in [0.2, 0.25) is 5.75 Å². The number of benzene rings is 1. The fourth-order valence-corrected chi connectivity index (χ4v) is 1.49. The van der Waals surface area contributed by atoms with E-state index in [1.165, 1.54) is 32.2 Å². The van der Waals surface area contributed by atoms with E-state index in [4.69, 9.17) is 14.2 Å². The van der Waals surface area contributed by atoms with Gasteiger partial charge in [0, 0.05) is 12.1 Å². The van der Waals surface area contributed by atoms with Gasteiger partial charge in [-0.15, -0.1) is 0 Å². The van der Waals surface area contributed by atoms with Crippen LogP contribution < -0.4 is 9.47 Å². The number of nitrogens with zero attached hydrogens (tertiary/aromatic N) is 1. The minimum Gasteiger partial charge on any atom is -0.497 e. The average Bonchev–Trinajstić information content (AvgIpc) is 2.36. The second-order valence-electron chi connectivity index (χ2n) is 5.38. The number of hydrogen-bond acceptors (Lipinski definition) is 6. The lowest BCUT2D eigenvalue weighted by Gasteiger charge is -2.22. The van der Waals surface area contributed by atoms with E-state index in [-0.39, 0.29) is 11.4 Å². The van der Waals surface area contributed by atoms with Gasteiger partial charge < -0.3 is 14.2 Å². The standard InChI is InChI=1S/C14H19NO6/c1-9(13(16)21-14(2,3)4)20-12-8-10(19-5)6-7-11(12)15(17)18/h6-9H,1-5H3. The summed E-state index contributed by atoms with van der Waals surface area (Å²) in [6.07, 6.45) is -0.977. The van der Waals surface area contributed by atoms with Crippen molar-refractivity contribution in [1.29, 1.82) is 0 Å². The van der Waals surface area contributed by atoms with Crippen LogP contribution in [0.4, 0.5) is 5.69 Å². The van der Waals surface area contributed by atoms with Crippen LogP contribution in [0, 0.1) is 10.1 Å². The van der Waals surface area contributed by atoms with Crippen LogP contribution in [0.5, 0.6) is 11.5 Å². The minimum absolute atomic E-state index is 0.0438. The molecule has 0 aliphatic rings. The molecule has 21 heavy (non-hydrogen) atoms. The number of methoxy groups -OCH3 is 1. The smallest absolute Gasteiger partial charge is 0.347 e. The molecule has 0 saturated heterocycles. The normalized spacial score (nSPS) is 12.4. The lowest BCUT2D eigenvalue weighted by atomic mass is 10.2. The van der Waals surface area contributed by atoms with E-state index in [1.807, 2.05) is 0 Å². The van der Waals surface area contributed by atoms with Gasteiger partial charge in [0.05, 0.1) is 12.0 Å². The number of rotatable bonds is 5. The molecule has 0 saturated carbocycles. The van der Waals surface area contributed by atoms with E-state index in [1.54, 1.807) is 20.8 Å². The number of esters is 1. The third-order valence-corrected chi connectivity index (χ3v) is 2.41. The second kappa shape index (κ2) is 6.43. The van der Waals surface area contributed by atoms with Crippen LogP contribution in [0.25, 0.3) is 0 Å². The topological polar surface area (TPSA) is 87.9 Å². The molecular formula is C14H19NO6. The highest BCUT2D eigenvalue weighted by Gasteiger charge is 2.26. The van der Waals surface area contributed by atoms with Crippen LogP contribution in [0.2, 0.25) is 0 Å². The molecule has 7 heteroatoms. The van der Waals surface area contributed by atoms with Crippen LogP contribution in [0.3, 0.4) is 0 Å². The summed E-state index contributed by atoms with van der Waals surface area (Å²) in [5.74, 6) is -0.246. The molecule has 1 aromatic rings. The second-order valence-corrected chi connectivity index (χ2v) is 5.38. The first-order chi connectivity index (χ1) is 9.64. The molecule has 0 heterocycles. The van der Waals surface area contributed by atoms with E-state index in [9.17, 15) is 14.9 Å². The maximum absolute atomic E-state index is 11.9. The van der Waals surface area contributed by atoms with E-state index in [0.29, 0.717) is 5.75 Å². The fourth-order valence-electron chi connectivity index (χ4n) is 1.49. The molecule has 0 aromatic heterocycles. The number of ether oxygens (including phenoxy) is 3. The van der Waals surface area contributed by atoms with Gasteiger partial charge in [0.15, 0.2) is 6.10 Å². The Bertz CT molecular complexity index is 535. The quantitative estimate of drug-likeness (QED) is 0.471. The molecule has 0 spiro atoms. The number of hydrogen-bond donors (Lipinski definition) is 0. The molecule has 7 nitrogen and oxygen atoms in total. The maximum atomic E-state index is 11.9. The predicted octanol–water partition coefficient (Wildman–Crippen LogP) is 2.71. The zero-order valence-corrected chi connectivity index (χ0v) is 12.7. The summed E-state index contributed by atoms with van der Waals surface area (Å²) in [6, 6.07) is 4.07. The summed E-state index contributed by atoms with van der Waals surface area (Å²) in [7, 11) is 1.43. The molecule has 0 radical (unpaired) electrons. The Labute approximate surface area is 123 Å². The first-order valence-corrected chi connectivity index (χ1v) is 6.36. The molecule has 0 N–H and O–H groups in total. The van der Waals surface area contributed by atoms with Crippen LogP contribution >= 0.6 is 0 Å². The predicted molar refractivity (Wildman–Crippen MR) is 75.6 cm³/mol. The van der Waals surface area contributed by atoms with Gasteiger partial charge in [-0.05, 0) is 33.8 Å². The Balaban J connectivity index is 2.95. The van der Waals surface area contributed by atoms with Crippen LogP contribution in [-0.4, -0.2) is 29.7 Å². The van der Waals surface area contributed by atoms with Crippen molar-refractivity contribution in [3.8, 4) is 11.5 Å². The van der Waals surface area contributed by atoms with Crippen molar-refractivity contribution >= 4 is 11.7 Å². The zero-order chi connectivity index (χ0) is 16.2. The van der Waals surface area contributed by atoms with E-state index in [2.05, 4.69) is 0 Å². The van der Waals surface area contributed by atoms with Crippen LogP contribution in [0.1, 0.15) is 27.7 Å². The first kappa shape index (κ1) is 16.7. The minimum atomic E-state index is -0.977. The third kappa shape index (κ3) is 4.94. The molecule has 0 bridgehead atoms. The van der Waals surface area contributed by atoms with Gasteiger partial charge in [-0.3, -0.25) is 10.1 Å². The van der Waals surface area contributed by atoms with Crippen molar-refractivity contribution in [3.05, 3.63) is 28.3 Å². The van der Waals surface area contributed by atoms with Gasteiger partial charge in [-0.2, -0.15) is 0 Å². The van der Waals surface area contributed by atoms with Gasteiger partial charge in [-0.25, -0.2) is 4.79 Å². The Morgan fingerprint density at radius 1 is 1.33 bits per heavy atom. The summed E-state index contributed by atoms with van der Waals surface area (Å²) in [4.78, 5) is 22.2. The molecular weight excluding hydrogens is 278 g/mol. The van der Waals surface area contributed by atoms with Crippen molar-refractivity contribution in [2.75, 3.05) is 7.11 Å². The van der Waals surface area contributed by atoms with Crippen molar-refractivity contribution in [1.82, 2.24) is 0 Å². The molecule has 0 aliphatic heterocycles. The molecule has 1 atom stereocenters. The van der Waals surface area contributed by atoms with Gasteiger partial charge in [0.1, 0.15) is 11.4 Å². The van der Waals surface area contributed by atoms with Crippen molar-refractivity contribution in [2.45, 2.75) is 39.4 Å². The van der Waals surface area contributed by atoms with Gasteiger partial charge in [-0.1, -0.05) is 0 Å². The molecule has 1 aromatic carbocycles. The lowest BCUT2D eigenvalue weighted by molar-refractivity contribution is -0.386. The Hall–Kier alpha value is -2.31. The van der Waals surface area contributed by atoms with Crippen molar-refractivity contribution in [3.63, 3.8) is 0 Å². The third-order valence-electron chi connectivity index (χ3n) is 2.41. The Morgan fingerprint density at radius 2 is 1.95 bits per heavy atom. The molecule has 116 valence electrons. The van der Waals surface area contributed by atoms with Crippen LogP contribution in [0.15, 0.2) is 18.2 Å². The SMILES string of the molecule is COc1ccc([N+](=O)[O-])c(OC(C)C(=O)OC(C)(C)C)c1. The summed E-state index contributed by atoms with van der Waals surface area (Å²) >= 11 is 0. The van der Waals surface area contributed by atoms with E-state index in [0.717, 1.165) is 0 Å². The van der Waals surface area contributed by atoms with Crippen molar-refractivity contribution < 1.29 is 23.9 Å². The summed E-state index contributed by atoms with van der Waals surface area (Å²) < 4.78 is 15.5. The number of nitro groups is 1. The number of carbonyl (C=O) groups is 1. The number of nitro benzene ring substituents is 1. The largest absolute Gasteiger partial charge is 0.497 e. The monoisotopic (exact) mass is 297 g/mol. The lowest BCUT2D eigenvalue weighted by Crippen LogP contribution is -2.33. The fraction of sp³-hybridized carbons (Fsp3) is 0.500. The first-order valence-electron chi connectivity index (χ1n) is 6.36. The zero-order valence-electron chi connectivity index (χ0n) is 12.7. The average molecular weight is 297 g/mol. The Morgan fingerprint density at radius 3 is 2.43 bits per heavy atom. The molecule has 1 rings (SSSR count). The van der Waals surface area contributed by atoms with E-state index >= 15 is 0 Å². The highest BCUT2D eigenvalue weighted by molar-refractivity contribution is 5.75. The highest BCUT2D eigenvalue weighted by atomic mass is 16.6. The van der Waals surface area contributed by atoms with Crippen molar-refractivity contribution in [2.24, 2.45) is 0 Å². The van der Waals surface area contributed by atoms with E-state index < -0.39 is 22.6 Å². The summed E-state index contributed by atoms with van der Waals surface area (Å²) in [6.45, 7) is 6.65. The van der Waals surface area contributed by atoms with Gasteiger partial charge >= 0.3 is 11.7 Å². The maximum Gasteiger partial charge on any atom is 0.347 e.